The average Bonchev–Trinajstić information content (AvgIpc) is 3.14. The van der Waals surface area contributed by atoms with Crippen molar-refractivity contribution in [2.45, 2.75) is 46.1 Å². The molecule has 278 valence electrons. The molecule has 0 aliphatic heterocycles. The molecule has 12 heteroatoms. The number of anilines is 4. The number of carbonyl (C=O) groups is 5. The van der Waals surface area contributed by atoms with Crippen LogP contribution in [0.4, 0.5) is 27.5 Å². The Balaban J connectivity index is 1.50. The highest BCUT2D eigenvalue weighted by atomic mass is 16.6. The maximum absolute atomic E-state index is 13.9. The maximum atomic E-state index is 13.9. The van der Waals surface area contributed by atoms with E-state index in [-0.39, 0.29) is 24.0 Å². The largest absolute Gasteiger partial charge is 0.482 e. The van der Waals surface area contributed by atoms with Crippen LogP contribution in [-0.2, 0) is 23.9 Å². The molecule has 0 saturated heterocycles. The zero-order valence-corrected chi connectivity index (χ0v) is 31.2. The van der Waals surface area contributed by atoms with E-state index in [0.717, 1.165) is 5.56 Å². The Hall–Kier alpha value is -6.17. The van der Waals surface area contributed by atoms with Crippen LogP contribution < -0.4 is 30.1 Å². The number of amides is 5. The first-order chi connectivity index (χ1) is 25.1. The fraction of sp³-hybridized carbons (Fsp3) is 0.293. The first-order valence-electron chi connectivity index (χ1n) is 17.2. The van der Waals surface area contributed by atoms with Crippen LogP contribution >= 0.6 is 0 Å². The van der Waals surface area contributed by atoms with Crippen molar-refractivity contribution in [2.24, 2.45) is 0 Å². The van der Waals surface area contributed by atoms with Gasteiger partial charge in [-0.1, -0.05) is 54.6 Å². The SMILES string of the molecule is Cc1cccc(N(C)C(=O)COc2ccccc2N(CC(=O)N(C)c2ccccc2)C(=O)CNC(=O)Nc2cccc(C(C)C(=O)OC(C)(C)C)c2)c1. The van der Waals surface area contributed by atoms with Crippen molar-refractivity contribution in [2.75, 3.05) is 53.8 Å². The van der Waals surface area contributed by atoms with Crippen molar-refractivity contribution in [3.05, 3.63) is 114 Å². The van der Waals surface area contributed by atoms with Crippen LogP contribution in [0.15, 0.2) is 103 Å². The fourth-order valence-electron chi connectivity index (χ4n) is 5.20. The Kier molecular flexibility index (Phi) is 13.3. The maximum Gasteiger partial charge on any atom is 0.319 e. The molecule has 1 unspecified atom stereocenters. The molecule has 0 radical (unpaired) electrons. The molecule has 4 aromatic carbocycles. The van der Waals surface area contributed by atoms with Crippen LogP contribution in [0.2, 0.25) is 0 Å². The van der Waals surface area contributed by atoms with Gasteiger partial charge in [0.25, 0.3) is 5.91 Å². The lowest BCUT2D eigenvalue weighted by Gasteiger charge is -2.27. The molecule has 0 heterocycles. The van der Waals surface area contributed by atoms with Crippen LogP contribution in [0, 0.1) is 6.92 Å². The smallest absolute Gasteiger partial charge is 0.319 e. The standard InChI is InChI=1S/C41H47N5O7/c1-28-15-13-20-33(23-28)45(7)38(49)27-52-35-22-12-11-21-34(35)46(26-37(48)44(6)32-18-9-8-10-19-32)36(47)25-42-40(51)43-31-17-14-16-30(24-31)29(2)39(50)53-41(3,4)5/h8-24,29H,25-27H2,1-7H3,(H2,42,43,51). The number of para-hydroxylation sites is 3. The molecule has 0 fully saturated rings. The zero-order valence-electron chi connectivity index (χ0n) is 31.2. The van der Waals surface area contributed by atoms with Gasteiger partial charge in [-0.15, -0.1) is 0 Å². The minimum absolute atomic E-state index is 0.197. The van der Waals surface area contributed by atoms with Gasteiger partial charge in [-0.3, -0.25) is 24.1 Å². The lowest BCUT2D eigenvalue weighted by atomic mass is 10.0. The molecule has 12 nitrogen and oxygen atoms in total. The third-order valence-corrected chi connectivity index (χ3v) is 8.19. The van der Waals surface area contributed by atoms with E-state index in [1.54, 1.807) is 115 Å². The topological polar surface area (TPSA) is 138 Å². The predicted molar refractivity (Wildman–Crippen MR) is 206 cm³/mol. The zero-order chi connectivity index (χ0) is 38.7. The number of likely N-dealkylation sites (N-methyl/N-ethyl adjacent to an activating group) is 2. The van der Waals surface area contributed by atoms with Gasteiger partial charge in [0, 0.05) is 31.2 Å². The number of ether oxygens (including phenoxy) is 2. The molecule has 0 spiro atoms. The van der Waals surface area contributed by atoms with Crippen LogP contribution in [-0.4, -0.2) is 69.1 Å². The quantitative estimate of drug-likeness (QED) is 0.155. The summed E-state index contributed by atoms with van der Waals surface area (Å²) in [4.78, 5) is 70.3. The molecule has 53 heavy (non-hydrogen) atoms. The number of hydrogen-bond donors (Lipinski definition) is 2. The molecule has 0 aliphatic rings. The Morgan fingerprint density at radius 3 is 2.08 bits per heavy atom. The average molecular weight is 722 g/mol. The van der Waals surface area contributed by atoms with Gasteiger partial charge in [-0.2, -0.15) is 0 Å². The molecule has 2 N–H and O–H groups in total. The van der Waals surface area contributed by atoms with Gasteiger partial charge in [0.05, 0.1) is 18.2 Å². The highest BCUT2D eigenvalue weighted by Crippen LogP contribution is 2.29. The summed E-state index contributed by atoms with van der Waals surface area (Å²) < 4.78 is 11.5. The lowest BCUT2D eigenvalue weighted by molar-refractivity contribution is -0.156. The van der Waals surface area contributed by atoms with Gasteiger partial charge >= 0.3 is 12.0 Å². The summed E-state index contributed by atoms with van der Waals surface area (Å²) in [5.74, 6) is -2.13. The number of esters is 1. The second kappa shape index (κ2) is 17.9. The molecule has 4 rings (SSSR count). The van der Waals surface area contributed by atoms with E-state index in [1.165, 1.54) is 14.7 Å². The highest BCUT2D eigenvalue weighted by molar-refractivity contribution is 6.06. The van der Waals surface area contributed by atoms with Gasteiger partial charge in [0.2, 0.25) is 11.8 Å². The van der Waals surface area contributed by atoms with E-state index in [0.29, 0.717) is 22.6 Å². The van der Waals surface area contributed by atoms with Crippen molar-refractivity contribution in [3.63, 3.8) is 0 Å². The summed E-state index contributed by atoms with van der Waals surface area (Å²) in [5, 5.41) is 5.26. The van der Waals surface area contributed by atoms with Gasteiger partial charge in [0.1, 0.15) is 17.9 Å². The van der Waals surface area contributed by atoms with Crippen molar-refractivity contribution in [1.82, 2.24) is 5.32 Å². The number of urea groups is 1. The Bertz CT molecular complexity index is 1930. The first-order valence-corrected chi connectivity index (χ1v) is 17.2. The van der Waals surface area contributed by atoms with Crippen molar-refractivity contribution in [1.29, 1.82) is 0 Å². The molecule has 0 bridgehead atoms. The van der Waals surface area contributed by atoms with E-state index in [4.69, 9.17) is 9.47 Å². The summed E-state index contributed by atoms with van der Waals surface area (Å²) >= 11 is 0. The Morgan fingerprint density at radius 1 is 0.736 bits per heavy atom. The third-order valence-electron chi connectivity index (χ3n) is 8.19. The van der Waals surface area contributed by atoms with Crippen molar-refractivity contribution < 1.29 is 33.4 Å². The molecule has 4 aromatic rings. The molecule has 0 saturated carbocycles. The monoisotopic (exact) mass is 721 g/mol. The van der Waals surface area contributed by atoms with Crippen LogP contribution in [0.25, 0.3) is 0 Å². The molecular formula is C41H47N5O7. The summed E-state index contributed by atoms with van der Waals surface area (Å²) in [6.45, 7) is 7.81. The van der Waals surface area contributed by atoms with E-state index >= 15 is 0 Å². The van der Waals surface area contributed by atoms with Gasteiger partial charge in [0.15, 0.2) is 6.61 Å². The molecule has 5 amide bonds. The summed E-state index contributed by atoms with van der Waals surface area (Å²) in [5.41, 5.74) is 2.96. The number of benzene rings is 4. The molecule has 1 atom stereocenters. The molecule has 0 aliphatic carbocycles. The summed E-state index contributed by atoms with van der Waals surface area (Å²) in [6.07, 6.45) is 0. The number of carbonyl (C=O) groups excluding carboxylic acids is 5. The second-order valence-electron chi connectivity index (χ2n) is 13.5. The summed E-state index contributed by atoms with van der Waals surface area (Å²) in [7, 11) is 3.25. The number of hydrogen-bond acceptors (Lipinski definition) is 7. The Labute approximate surface area is 310 Å². The Morgan fingerprint density at radius 2 is 1.38 bits per heavy atom. The number of rotatable bonds is 13. The summed E-state index contributed by atoms with van der Waals surface area (Å²) in [6, 6.07) is 29.1. The van der Waals surface area contributed by atoms with Crippen molar-refractivity contribution >= 4 is 52.5 Å². The van der Waals surface area contributed by atoms with Gasteiger partial charge < -0.3 is 29.9 Å². The fourth-order valence-corrected chi connectivity index (χ4v) is 5.20. The van der Waals surface area contributed by atoms with Crippen LogP contribution in [0.5, 0.6) is 5.75 Å². The second-order valence-corrected chi connectivity index (χ2v) is 13.5. The van der Waals surface area contributed by atoms with E-state index in [2.05, 4.69) is 10.6 Å². The van der Waals surface area contributed by atoms with E-state index in [1.807, 2.05) is 37.3 Å². The third kappa shape index (κ3) is 11.4. The molecular weight excluding hydrogens is 674 g/mol. The van der Waals surface area contributed by atoms with E-state index in [9.17, 15) is 24.0 Å². The predicted octanol–water partition coefficient (Wildman–Crippen LogP) is 6.30. The van der Waals surface area contributed by atoms with Crippen molar-refractivity contribution in [3.8, 4) is 5.75 Å². The van der Waals surface area contributed by atoms with Crippen LogP contribution in [0.1, 0.15) is 44.7 Å². The number of nitrogens with zero attached hydrogens (tertiary/aromatic N) is 3. The first kappa shape index (κ1) is 39.6. The minimum atomic E-state index is -0.678. The lowest BCUT2D eigenvalue weighted by Crippen LogP contribution is -2.46. The molecule has 0 aromatic heterocycles. The normalized spacial score (nSPS) is 11.5. The van der Waals surface area contributed by atoms with Crippen LogP contribution in [0.3, 0.4) is 0 Å². The minimum Gasteiger partial charge on any atom is -0.482 e. The highest BCUT2D eigenvalue weighted by Gasteiger charge is 2.26. The van der Waals surface area contributed by atoms with E-state index < -0.39 is 48.4 Å². The van der Waals surface area contributed by atoms with Gasteiger partial charge in [-0.05, 0) is 94.3 Å². The number of aryl methyl sites for hydroxylation is 1. The van der Waals surface area contributed by atoms with Gasteiger partial charge in [-0.25, -0.2) is 4.79 Å². The number of nitrogens with one attached hydrogen (secondary N) is 2.